The molecule has 10 heteroatoms. The van der Waals surface area contributed by atoms with Crippen molar-refractivity contribution in [3.05, 3.63) is 30.2 Å². The van der Waals surface area contributed by atoms with Crippen molar-refractivity contribution in [2.45, 2.75) is 5.75 Å². The number of hydrogen-bond donors (Lipinski definition) is 3. The van der Waals surface area contributed by atoms with Gasteiger partial charge in [0.05, 0.1) is 25.9 Å². The second kappa shape index (κ2) is 6.81. The number of rotatable bonds is 6. The van der Waals surface area contributed by atoms with Gasteiger partial charge in [0, 0.05) is 11.1 Å². The van der Waals surface area contributed by atoms with Crippen molar-refractivity contribution < 1.29 is 18.2 Å². The van der Waals surface area contributed by atoms with Gasteiger partial charge < -0.3 is 19.3 Å². The van der Waals surface area contributed by atoms with Gasteiger partial charge in [0.2, 0.25) is 5.75 Å². The summed E-state index contributed by atoms with van der Waals surface area (Å²) in [6, 6.07) is 5.61. The van der Waals surface area contributed by atoms with Gasteiger partial charge in [-0.05, 0) is 18.2 Å². The maximum Gasteiger partial charge on any atom is 0.262 e. The normalized spacial score (nSPS) is 12.1. The van der Waals surface area contributed by atoms with E-state index in [1.807, 2.05) is 18.2 Å². The molecule has 2 heterocycles. The summed E-state index contributed by atoms with van der Waals surface area (Å²) in [5, 5.41) is 10.9. The third-order valence-corrected chi connectivity index (χ3v) is 3.74. The van der Waals surface area contributed by atoms with Crippen LogP contribution in [0.3, 0.4) is 0 Å². The standard InChI is InChI=1S/C14H15N5O4S/c1-22-12-13(17-11(7-24(20)21)18-14(12)23-2)16-9-3-4-10-8(5-9)6-15-19-10/h3-6H,7H2,1-2H3,(H,15,19)(H,20,21)(H,16,17,18). The van der Waals surface area contributed by atoms with Crippen LogP contribution >= 0.6 is 0 Å². The highest BCUT2D eigenvalue weighted by Gasteiger charge is 2.17. The van der Waals surface area contributed by atoms with Crippen molar-refractivity contribution in [3.8, 4) is 11.6 Å². The fourth-order valence-electron chi connectivity index (χ4n) is 2.21. The van der Waals surface area contributed by atoms with Crippen molar-refractivity contribution in [2.24, 2.45) is 0 Å². The minimum Gasteiger partial charge on any atom is -0.489 e. The molecule has 0 spiro atoms. The highest BCUT2D eigenvalue weighted by Crippen LogP contribution is 2.34. The first kappa shape index (κ1) is 16.1. The lowest BCUT2D eigenvalue weighted by Gasteiger charge is -2.14. The number of anilines is 2. The third-order valence-electron chi connectivity index (χ3n) is 3.23. The molecule has 2 aromatic heterocycles. The van der Waals surface area contributed by atoms with Crippen LogP contribution < -0.4 is 14.8 Å². The molecule has 1 unspecified atom stereocenters. The van der Waals surface area contributed by atoms with E-state index >= 15 is 0 Å². The number of H-pyrrole nitrogens is 1. The van der Waals surface area contributed by atoms with Gasteiger partial charge in [0.25, 0.3) is 5.88 Å². The number of ether oxygens (including phenoxy) is 2. The summed E-state index contributed by atoms with van der Waals surface area (Å²) in [5.74, 6) is 0.778. The maximum absolute atomic E-state index is 11.0. The van der Waals surface area contributed by atoms with Crippen LogP contribution in [-0.4, -0.2) is 43.1 Å². The van der Waals surface area contributed by atoms with Gasteiger partial charge in [-0.3, -0.25) is 5.10 Å². The molecule has 0 amide bonds. The molecule has 0 aliphatic carbocycles. The lowest BCUT2D eigenvalue weighted by atomic mass is 10.2. The number of fused-ring (bicyclic) bond motifs is 1. The Bertz CT molecular complexity index is 898. The Balaban J connectivity index is 2.01. The number of hydrogen-bond acceptors (Lipinski definition) is 7. The Kier molecular flexibility index (Phi) is 4.58. The number of aromatic nitrogens is 4. The first-order chi connectivity index (χ1) is 11.6. The third kappa shape index (κ3) is 3.29. The minimum absolute atomic E-state index is 0.167. The monoisotopic (exact) mass is 349 g/mol. The second-order valence-electron chi connectivity index (χ2n) is 4.79. The fraction of sp³-hybridized carbons (Fsp3) is 0.214. The lowest BCUT2D eigenvalue weighted by molar-refractivity contribution is 0.341. The van der Waals surface area contributed by atoms with Gasteiger partial charge in [-0.2, -0.15) is 10.1 Å². The predicted molar refractivity (Wildman–Crippen MR) is 89.0 cm³/mol. The van der Waals surface area contributed by atoms with Crippen LogP contribution in [0.25, 0.3) is 10.9 Å². The summed E-state index contributed by atoms with van der Waals surface area (Å²) in [4.78, 5) is 8.33. The molecule has 3 aromatic rings. The minimum atomic E-state index is -2.06. The molecule has 9 nitrogen and oxygen atoms in total. The number of nitrogens with one attached hydrogen (secondary N) is 2. The van der Waals surface area contributed by atoms with Crippen LogP contribution in [0.5, 0.6) is 11.6 Å². The Morgan fingerprint density at radius 1 is 1.29 bits per heavy atom. The zero-order valence-corrected chi connectivity index (χ0v) is 13.8. The quantitative estimate of drug-likeness (QED) is 0.576. The van der Waals surface area contributed by atoms with Crippen molar-refractivity contribution in [2.75, 3.05) is 19.5 Å². The highest BCUT2D eigenvalue weighted by molar-refractivity contribution is 7.78. The Morgan fingerprint density at radius 2 is 2.12 bits per heavy atom. The van der Waals surface area contributed by atoms with Crippen LogP contribution in [0, 0.1) is 0 Å². The number of methoxy groups -OCH3 is 2. The van der Waals surface area contributed by atoms with E-state index in [0.29, 0.717) is 11.6 Å². The number of aromatic amines is 1. The largest absolute Gasteiger partial charge is 0.489 e. The van der Waals surface area contributed by atoms with Gasteiger partial charge in [0.1, 0.15) is 11.6 Å². The molecule has 3 N–H and O–H groups in total. The highest BCUT2D eigenvalue weighted by atomic mass is 32.2. The molecular formula is C14H15N5O4S. The van der Waals surface area contributed by atoms with E-state index in [-0.39, 0.29) is 17.5 Å². The van der Waals surface area contributed by atoms with E-state index in [2.05, 4.69) is 25.5 Å². The Hall–Kier alpha value is -2.72. The molecule has 0 radical (unpaired) electrons. The molecule has 126 valence electrons. The van der Waals surface area contributed by atoms with E-state index in [9.17, 15) is 4.21 Å². The Morgan fingerprint density at radius 3 is 2.83 bits per heavy atom. The summed E-state index contributed by atoms with van der Waals surface area (Å²) in [7, 11) is 2.90. The smallest absolute Gasteiger partial charge is 0.262 e. The lowest BCUT2D eigenvalue weighted by Crippen LogP contribution is -2.07. The molecule has 0 bridgehead atoms. The van der Waals surface area contributed by atoms with Crippen molar-refractivity contribution in [3.63, 3.8) is 0 Å². The van der Waals surface area contributed by atoms with Crippen molar-refractivity contribution in [1.29, 1.82) is 0 Å². The van der Waals surface area contributed by atoms with Gasteiger partial charge >= 0.3 is 0 Å². The molecule has 3 rings (SSSR count). The molecule has 0 saturated heterocycles. The van der Waals surface area contributed by atoms with Crippen molar-refractivity contribution in [1.82, 2.24) is 20.2 Å². The van der Waals surface area contributed by atoms with Crippen LogP contribution in [-0.2, 0) is 16.8 Å². The summed E-state index contributed by atoms with van der Waals surface area (Å²) in [6.45, 7) is 0. The van der Waals surface area contributed by atoms with E-state index < -0.39 is 11.1 Å². The molecule has 0 aliphatic rings. The maximum atomic E-state index is 11.0. The number of benzene rings is 1. The van der Waals surface area contributed by atoms with Gasteiger partial charge in [0.15, 0.2) is 16.9 Å². The number of nitrogens with zero attached hydrogens (tertiary/aromatic N) is 3. The van der Waals surface area contributed by atoms with E-state index in [1.54, 1.807) is 6.20 Å². The fourth-order valence-corrected chi connectivity index (χ4v) is 2.56. The average molecular weight is 349 g/mol. The van der Waals surface area contributed by atoms with Crippen LogP contribution in [0.1, 0.15) is 5.82 Å². The van der Waals surface area contributed by atoms with Crippen LogP contribution in [0.2, 0.25) is 0 Å². The zero-order chi connectivity index (χ0) is 17.1. The topological polar surface area (TPSA) is 122 Å². The van der Waals surface area contributed by atoms with E-state index in [0.717, 1.165) is 16.6 Å². The van der Waals surface area contributed by atoms with E-state index in [4.69, 9.17) is 14.0 Å². The molecular weight excluding hydrogens is 334 g/mol. The molecule has 1 atom stereocenters. The molecule has 0 aliphatic heterocycles. The first-order valence-electron chi connectivity index (χ1n) is 6.87. The average Bonchev–Trinajstić information content (AvgIpc) is 3.01. The molecule has 1 aromatic carbocycles. The van der Waals surface area contributed by atoms with Gasteiger partial charge in [-0.1, -0.05) is 0 Å². The first-order valence-corrected chi connectivity index (χ1v) is 8.14. The van der Waals surface area contributed by atoms with Gasteiger partial charge in [-0.25, -0.2) is 9.19 Å². The van der Waals surface area contributed by atoms with Crippen LogP contribution in [0.4, 0.5) is 11.5 Å². The molecule has 24 heavy (non-hydrogen) atoms. The second-order valence-corrected chi connectivity index (χ2v) is 5.73. The SMILES string of the molecule is COc1nc(CS(=O)O)nc(Nc2ccc3[nH]ncc3c2)c1OC. The van der Waals surface area contributed by atoms with Crippen LogP contribution in [0.15, 0.2) is 24.4 Å². The molecule has 0 saturated carbocycles. The summed E-state index contributed by atoms with van der Waals surface area (Å²) in [5.41, 5.74) is 1.66. The van der Waals surface area contributed by atoms with E-state index in [1.165, 1.54) is 14.2 Å². The Labute approximate surface area is 139 Å². The summed E-state index contributed by atoms with van der Waals surface area (Å²) >= 11 is -2.06. The molecule has 0 fully saturated rings. The summed E-state index contributed by atoms with van der Waals surface area (Å²) < 4.78 is 30.6. The summed E-state index contributed by atoms with van der Waals surface area (Å²) in [6.07, 6.45) is 1.71. The van der Waals surface area contributed by atoms with Gasteiger partial charge in [-0.15, -0.1) is 0 Å². The predicted octanol–water partition coefficient (Wildman–Crippen LogP) is 1.84. The zero-order valence-electron chi connectivity index (χ0n) is 12.9. The van der Waals surface area contributed by atoms with Crippen molar-refractivity contribution >= 4 is 33.5 Å².